The predicted octanol–water partition coefficient (Wildman–Crippen LogP) is 2.60. The molecule has 1 atom stereocenters. The van der Waals surface area contributed by atoms with E-state index < -0.39 is 35.4 Å². The number of carbonyl (C=O) groups is 3. The van der Waals surface area contributed by atoms with Crippen LogP contribution < -0.4 is 0 Å². The van der Waals surface area contributed by atoms with Crippen molar-refractivity contribution in [2.45, 2.75) is 65.3 Å². The van der Waals surface area contributed by atoms with E-state index in [-0.39, 0.29) is 6.54 Å². The molecule has 0 aliphatic carbocycles. The van der Waals surface area contributed by atoms with Crippen molar-refractivity contribution in [3.63, 3.8) is 0 Å². The van der Waals surface area contributed by atoms with Gasteiger partial charge in [0.2, 0.25) is 0 Å². The first-order valence-corrected chi connectivity index (χ1v) is 8.13. The smallest absolute Gasteiger partial charge is 0.420 e. The van der Waals surface area contributed by atoms with Crippen LogP contribution in [0.2, 0.25) is 0 Å². The normalized spacial score (nSPS) is 12.9. The lowest BCUT2D eigenvalue weighted by Crippen LogP contribution is -2.53. The molecule has 1 aromatic rings. The van der Waals surface area contributed by atoms with E-state index in [1.807, 2.05) is 0 Å². The zero-order chi connectivity index (χ0) is 20.1. The van der Waals surface area contributed by atoms with Gasteiger partial charge in [0.15, 0.2) is 6.04 Å². The fraction of sp³-hybridized carbons (Fsp3) is 0.647. The number of methoxy groups -OCH3 is 1. The summed E-state index contributed by atoms with van der Waals surface area (Å²) < 4.78 is 16.9. The lowest BCUT2D eigenvalue weighted by atomic mass is 10.2. The first kappa shape index (κ1) is 21.5. The number of carbonyl (C=O) groups excluding carboxylic acids is 3. The second-order valence-corrected chi connectivity index (χ2v) is 7.63. The van der Waals surface area contributed by atoms with Crippen molar-refractivity contribution in [2.75, 3.05) is 7.11 Å². The highest BCUT2D eigenvalue weighted by Gasteiger charge is 2.41. The van der Waals surface area contributed by atoms with Crippen LogP contribution in [0.4, 0.5) is 9.59 Å². The number of nitrogens with zero attached hydrogens (tertiary/aromatic N) is 3. The van der Waals surface area contributed by atoms with E-state index in [0.717, 1.165) is 0 Å². The predicted molar refractivity (Wildman–Crippen MR) is 92.3 cm³/mol. The highest BCUT2D eigenvalue weighted by Crippen LogP contribution is 2.18. The van der Waals surface area contributed by atoms with Gasteiger partial charge in [-0.25, -0.2) is 19.4 Å². The molecular formula is C17H27N3O6. The molecule has 26 heavy (non-hydrogen) atoms. The van der Waals surface area contributed by atoms with Gasteiger partial charge in [-0.2, -0.15) is 4.90 Å². The van der Waals surface area contributed by atoms with E-state index in [4.69, 9.17) is 14.2 Å². The van der Waals surface area contributed by atoms with Crippen molar-refractivity contribution in [1.82, 2.24) is 14.5 Å². The summed E-state index contributed by atoms with van der Waals surface area (Å²) in [4.78, 5) is 42.1. The SMILES string of the molecule is COC(=O)[C@H](Cn1ccnc1)N(C(=O)OC(C)(C)C)C(=O)OC(C)(C)C. The van der Waals surface area contributed by atoms with Gasteiger partial charge in [-0.05, 0) is 41.5 Å². The minimum Gasteiger partial charge on any atom is -0.467 e. The quantitative estimate of drug-likeness (QED) is 0.594. The molecule has 0 saturated carbocycles. The zero-order valence-electron chi connectivity index (χ0n) is 16.3. The van der Waals surface area contributed by atoms with Crippen molar-refractivity contribution in [3.05, 3.63) is 18.7 Å². The van der Waals surface area contributed by atoms with Crippen LogP contribution in [0.1, 0.15) is 41.5 Å². The first-order valence-electron chi connectivity index (χ1n) is 8.13. The first-order chi connectivity index (χ1) is 11.8. The summed E-state index contributed by atoms with van der Waals surface area (Å²) in [7, 11) is 1.17. The third-order valence-electron chi connectivity index (χ3n) is 2.91. The van der Waals surface area contributed by atoms with E-state index >= 15 is 0 Å². The van der Waals surface area contributed by atoms with E-state index in [9.17, 15) is 14.4 Å². The molecule has 1 heterocycles. The van der Waals surface area contributed by atoms with Crippen LogP contribution in [-0.2, 0) is 25.5 Å². The number of ether oxygens (including phenoxy) is 3. The fourth-order valence-electron chi connectivity index (χ4n) is 1.94. The maximum absolute atomic E-state index is 12.6. The Hall–Kier alpha value is -2.58. The van der Waals surface area contributed by atoms with Crippen molar-refractivity contribution >= 4 is 18.2 Å². The van der Waals surface area contributed by atoms with Gasteiger partial charge in [0.25, 0.3) is 0 Å². The van der Waals surface area contributed by atoms with Gasteiger partial charge in [0.05, 0.1) is 20.0 Å². The summed E-state index contributed by atoms with van der Waals surface area (Å²) in [5, 5.41) is 0. The van der Waals surface area contributed by atoms with Gasteiger partial charge in [0, 0.05) is 12.4 Å². The molecule has 0 saturated heterocycles. The monoisotopic (exact) mass is 369 g/mol. The Morgan fingerprint density at radius 2 is 1.54 bits per heavy atom. The van der Waals surface area contributed by atoms with Gasteiger partial charge in [-0.3, -0.25) is 0 Å². The van der Waals surface area contributed by atoms with Crippen LogP contribution in [0.25, 0.3) is 0 Å². The molecule has 0 spiro atoms. The van der Waals surface area contributed by atoms with E-state index in [1.165, 1.54) is 19.6 Å². The number of hydrogen-bond acceptors (Lipinski definition) is 7. The molecule has 1 rings (SSSR count). The summed E-state index contributed by atoms with van der Waals surface area (Å²) >= 11 is 0. The van der Waals surface area contributed by atoms with Gasteiger partial charge in [-0.15, -0.1) is 0 Å². The second-order valence-electron chi connectivity index (χ2n) is 7.63. The average Bonchev–Trinajstić information content (AvgIpc) is 2.94. The molecule has 0 aromatic carbocycles. The number of hydrogen-bond donors (Lipinski definition) is 0. The molecule has 0 N–H and O–H groups in total. The number of amides is 2. The molecule has 0 aliphatic heterocycles. The van der Waals surface area contributed by atoms with E-state index in [0.29, 0.717) is 4.90 Å². The molecule has 0 fully saturated rings. The Kier molecular flexibility index (Phi) is 6.77. The van der Waals surface area contributed by atoms with Crippen molar-refractivity contribution in [3.8, 4) is 0 Å². The van der Waals surface area contributed by atoms with Gasteiger partial charge in [-0.1, -0.05) is 0 Å². The van der Waals surface area contributed by atoms with Crippen LogP contribution >= 0.6 is 0 Å². The van der Waals surface area contributed by atoms with Crippen LogP contribution in [-0.4, -0.2) is 57.0 Å². The summed E-state index contributed by atoms with van der Waals surface area (Å²) in [6.07, 6.45) is 2.57. The lowest BCUT2D eigenvalue weighted by Gasteiger charge is -2.32. The van der Waals surface area contributed by atoms with Gasteiger partial charge < -0.3 is 18.8 Å². The average molecular weight is 369 g/mol. The van der Waals surface area contributed by atoms with Gasteiger partial charge in [0.1, 0.15) is 11.2 Å². The van der Waals surface area contributed by atoms with Crippen LogP contribution in [0.15, 0.2) is 18.7 Å². The minimum absolute atomic E-state index is 0.0504. The Bertz CT molecular complexity index is 600. The third-order valence-corrected chi connectivity index (χ3v) is 2.91. The fourth-order valence-corrected chi connectivity index (χ4v) is 1.94. The molecule has 0 radical (unpaired) electrons. The molecule has 9 nitrogen and oxygen atoms in total. The Labute approximate surface area is 153 Å². The van der Waals surface area contributed by atoms with Crippen molar-refractivity contribution < 1.29 is 28.6 Å². The minimum atomic E-state index is -1.28. The number of imide groups is 1. The maximum Gasteiger partial charge on any atom is 0.420 e. The molecule has 9 heteroatoms. The summed E-state index contributed by atoms with van der Waals surface area (Å²) in [6.45, 7) is 9.87. The number of imidazole rings is 1. The number of aromatic nitrogens is 2. The number of rotatable bonds is 4. The molecule has 146 valence electrons. The summed E-state index contributed by atoms with van der Waals surface area (Å²) in [5.74, 6) is -0.782. The third kappa shape index (κ3) is 6.73. The van der Waals surface area contributed by atoms with Gasteiger partial charge >= 0.3 is 18.2 Å². The standard InChI is InChI=1S/C17H27N3O6/c1-16(2,3)25-14(22)20(15(23)26-17(4,5)6)12(13(21)24-7)10-19-9-8-18-11-19/h8-9,11-12H,10H2,1-7H3/t12-/m0/s1. The highest BCUT2D eigenvalue weighted by atomic mass is 16.6. The summed E-state index contributed by atoms with van der Waals surface area (Å²) in [5.41, 5.74) is -1.74. The number of esters is 1. The van der Waals surface area contributed by atoms with E-state index in [2.05, 4.69) is 4.98 Å². The van der Waals surface area contributed by atoms with Crippen LogP contribution in [0.5, 0.6) is 0 Å². The topological polar surface area (TPSA) is 100.0 Å². The molecule has 0 bridgehead atoms. The van der Waals surface area contributed by atoms with Crippen molar-refractivity contribution in [1.29, 1.82) is 0 Å². The molecular weight excluding hydrogens is 342 g/mol. The maximum atomic E-state index is 12.6. The van der Waals surface area contributed by atoms with E-state index in [1.54, 1.807) is 52.3 Å². The molecule has 2 amide bonds. The molecule has 1 aromatic heterocycles. The Morgan fingerprint density at radius 3 is 1.88 bits per heavy atom. The molecule has 0 unspecified atom stereocenters. The molecule has 0 aliphatic rings. The second kappa shape index (κ2) is 8.20. The van der Waals surface area contributed by atoms with Crippen LogP contribution in [0.3, 0.4) is 0 Å². The highest BCUT2D eigenvalue weighted by molar-refractivity contribution is 5.94. The largest absolute Gasteiger partial charge is 0.467 e. The Morgan fingerprint density at radius 1 is 1.04 bits per heavy atom. The summed E-state index contributed by atoms with van der Waals surface area (Å²) in [6, 6.07) is -1.28. The van der Waals surface area contributed by atoms with Crippen LogP contribution in [0, 0.1) is 0 Å². The lowest BCUT2D eigenvalue weighted by molar-refractivity contribution is -0.147. The van der Waals surface area contributed by atoms with Crippen molar-refractivity contribution in [2.24, 2.45) is 0 Å². The Balaban J connectivity index is 3.24. The zero-order valence-corrected chi connectivity index (χ0v) is 16.3.